The van der Waals surface area contributed by atoms with Crippen LogP contribution in [0.4, 0.5) is 0 Å². The van der Waals surface area contributed by atoms with Crippen molar-refractivity contribution in [2.75, 3.05) is 0 Å². The fraction of sp³-hybridized carbons (Fsp3) is 0.818. The predicted molar refractivity (Wildman–Crippen MR) is 56.8 cm³/mol. The van der Waals surface area contributed by atoms with Crippen LogP contribution in [0, 0.1) is 0 Å². The summed E-state index contributed by atoms with van der Waals surface area (Å²) < 4.78 is 5.36. The molecule has 3 heteroatoms. The van der Waals surface area contributed by atoms with E-state index in [0.717, 1.165) is 19.3 Å². The molecule has 0 aromatic carbocycles. The molecule has 0 bridgehead atoms. The van der Waals surface area contributed by atoms with Gasteiger partial charge >= 0.3 is 0 Å². The van der Waals surface area contributed by atoms with Crippen LogP contribution < -0.4 is 5.32 Å². The second-order valence-electron chi connectivity index (χ2n) is 4.73. The zero-order valence-electron chi connectivity index (χ0n) is 9.29. The smallest absolute Gasteiger partial charge is 0.214 e. The summed E-state index contributed by atoms with van der Waals surface area (Å²) in [5.74, 6) is 0. The lowest BCUT2D eigenvalue weighted by atomic mass is 10.0. The fourth-order valence-electron chi connectivity index (χ4n) is 1.52. The molecule has 0 radical (unpaired) electrons. The zero-order valence-corrected chi connectivity index (χ0v) is 9.29. The zero-order chi connectivity index (χ0) is 10.6. The standard InChI is InChI=1S/C11H21NO2/c1-11(2,3)14-10(13)12-9-7-5-4-6-8-9/h4-5,9-10,12-13H,6-8H2,1-3H3/t9-,10?/m0/s1. The summed E-state index contributed by atoms with van der Waals surface area (Å²) >= 11 is 0. The summed E-state index contributed by atoms with van der Waals surface area (Å²) in [7, 11) is 0. The van der Waals surface area contributed by atoms with Gasteiger partial charge in [0.15, 0.2) is 0 Å². The molecule has 0 aliphatic heterocycles. The maximum Gasteiger partial charge on any atom is 0.214 e. The quantitative estimate of drug-likeness (QED) is 0.537. The van der Waals surface area contributed by atoms with Crippen LogP contribution in [0.25, 0.3) is 0 Å². The van der Waals surface area contributed by atoms with Crippen molar-refractivity contribution in [2.45, 2.75) is 58.1 Å². The second-order valence-corrected chi connectivity index (χ2v) is 4.73. The van der Waals surface area contributed by atoms with E-state index >= 15 is 0 Å². The molecule has 14 heavy (non-hydrogen) atoms. The van der Waals surface area contributed by atoms with Gasteiger partial charge in [-0.3, -0.25) is 5.32 Å². The third kappa shape index (κ3) is 4.74. The highest BCUT2D eigenvalue weighted by atomic mass is 16.6. The Kier molecular flexibility index (Phi) is 4.11. The number of hydrogen-bond donors (Lipinski definition) is 2. The van der Waals surface area contributed by atoms with E-state index in [2.05, 4.69) is 17.5 Å². The molecule has 0 fully saturated rings. The molecule has 0 aromatic rings. The van der Waals surface area contributed by atoms with Crippen LogP contribution in [-0.4, -0.2) is 23.2 Å². The Hall–Kier alpha value is -0.380. The molecular weight excluding hydrogens is 178 g/mol. The Morgan fingerprint density at radius 1 is 1.43 bits per heavy atom. The molecule has 1 aliphatic rings. The number of ether oxygens (including phenoxy) is 1. The van der Waals surface area contributed by atoms with Crippen LogP contribution in [0.15, 0.2) is 12.2 Å². The van der Waals surface area contributed by atoms with Gasteiger partial charge in [-0.05, 0) is 40.0 Å². The van der Waals surface area contributed by atoms with Gasteiger partial charge in [0.25, 0.3) is 0 Å². The molecule has 1 unspecified atom stereocenters. The average Bonchev–Trinajstić information content (AvgIpc) is 2.02. The van der Waals surface area contributed by atoms with Crippen molar-refractivity contribution >= 4 is 0 Å². The molecule has 82 valence electrons. The average molecular weight is 199 g/mol. The summed E-state index contributed by atoms with van der Waals surface area (Å²) in [6, 6.07) is 0.345. The van der Waals surface area contributed by atoms with Crippen molar-refractivity contribution in [2.24, 2.45) is 0 Å². The van der Waals surface area contributed by atoms with Crippen LogP contribution in [0.2, 0.25) is 0 Å². The van der Waals surface area contributed by atoms with E-state index in [-0.39, 0.29) is 5.60 Å². The van der Waals surface area contributed by atoms with Crippen molar-refractivity contribution in [3.8, 4) is 0 Å². The van der Waals surface area contributed by atoms with Gasteiger partial charge in [0, 0.05) is 6.04 Å². The highest BCUT2D eigenvalue weighted by molar-refractivity contribution is 4.92. The molecule has 2 N–H and O–H groups in total. The Balaban J connectivity index is 2.26. The summed E-state index contributed by atoms with van der Waals surface area (Å²) in [6.45, 7) is 5.79. The molecule has 0 saturated heterocycles. The highest BCUT2D eigenvalue weighted by Crippen LogP contribution is 2.13. The molecule has 0 aromatic heterocycles. The van der Waals surface area contributed by atoms with Gasteiger partial charge < -0.3 is 9.84 Å². The lowest BCUT2D eigenvalue weighted by Crippen LogP contribution is -2.43. The maximum atomic E-state index is 9.58. The number of allylic oxidation sites excluding steroid dienone is 1. The Bertz CT molecular complexity index is 196. The predicted octanol–water partition coefficient (Wildman–Crippen LogP) is 1.78. The van der Waals surface area contributed by atoms with Crippen molar-refractivity contribution in [1.82, 2.24) is 5.32 Å². The minimum Gasteiger partial charge on any atom is -0.356 e. The van der Waals surface area contributed by atoms with Gasteiger partial charge in [-0.2, -0.15) is 0 Å². The first-order chi connectivity index (χ1) is 6.47. The first-order valence-electron chi connectivity index (χ1n) is 5.24. The second kappa shape index (κ2) is 4.91. The van der Waals surface area contributed by atoms with E-state index < -0.39 is 6.41 Å². The third-order valence-electron chi connectivity index (χ3n) is 2.11. The van der Waals surface area contributed by atoms with Gasteiger partial charge in [0.05, 0.1) is 5.60 Å². The number of hydrogen-bond acceptors (Lipinski definition) is 3. The van der Waals surface area contributed by atoms with E-state index in [1.807, 2.05) is 20.8 Å². The maximum absolute atomic E-state index is 9.58. The molecular formula is C11H21NO2. The summed E-state index contributed by atoms with van der Waals surface area (Å²) in [5, 5.41) is 12.6. The van der Waals surface area contributed by atoms with Crippen molar-refractivity contribution in [3.63, 3.8) is 0 Å². The molecule has 3 nitrogen and oxygen atoms in total. The molecule has 2 atom stereocenters. The lowest BCUT2D eigenvalue weighted by Gasteiger charge is -2.28. The van der Waals surface area contributed by atoms with E-state index in [0.29, 0.717) is 6.04 Å². The normalized spacial score (nSPS) is 25.0. The summed E-state index contributed by atoms with van der Waals surface area (Å²) in [5.41, 5.74) is -0.309. The van der Waals surface area contributed by atoms with Crippen LogP contribution in [0.3, 0.4) is 0 Å². The summed E-state index contributed by atoms with van der Waals surface area (Å²) in [6.07, 6.45) is 6.59. The third-order valence-corrected chi connectivity index (χ3v) is 2.11. The molecule has 0 saturated carbocycles. The van der Waals surface area contributed by atoms with Gasteiger partial charge in [0.1, 0.15) is 0 Å². The monoisotopic (exact) mass is 199 g/mol. The lowest BCUT2D eigenvalue weighted by molar-refractivity contribution is -0.185. The van der Waals surface area contributed by atoms with Crippen LogP contribution in [0.1, 0.15) is 40.0 Å². The van der Waals surface area contributed by atoms with E-state index in [1.54, 1.807) is 0 Å². The number of aliphatic hydroxyl groups is 1. The first-order valence-corrected chi connectivity index (χ1v) is 5.24. The molecule has 1 rings (SSSR count). The van der Waals surface area contributed by atoms with Crippen molar-refractivity contribution < 1.29 is 9.84 Å². The van der Waals surface area contributed by atoms with Gasteiger partial charge in [0.2, 0.25) is 6.41 Å². The summed E-state index contributed by atoms with van der Waals surface area (Å²) in [4.78, 5) is 0. The van der Waals surface area contributed by atoms with Gasteiger partial charge in [-0.15, -0.1) is 0 Å². The fourth-order valence-corrected chi connectivity index (χ4v) is 1.52. The van der Waals surface area contributed by atoms with E-state index in [9.17, 15) is 5.11 Å². The van der Waals surface area contributed by atoms with Crippen LogP contribution in [0.5, 0.6) is 0 Å². The van der Waals surface area contributed by atoms with Crippen LogP contribution in [-0.2, 0) is 4.74 Å². The van der Waals surface area contributed by atoms with E-state index in [1.165, 1.54) is 0 Å². The Labute approximate surface area is 86.2 Å². The topological polar surface area (TPSA) is 41.5 Å². The first kappa shape index (κ1) is 11.7. The minimum atomic E-state index is -0.855. The van der Waals surface area contributed by atoms with Gasteiger partial charge in [-0.25, -0.2) is 0 Å². The molecule has 0 amide bonds. The largest absolute Gasteiger partial charge is 0.356 e. The van der Waals surface area contributed by atoms with Crippen molar-refractivity contribution in [1.29, 1.82) is 0 Å². The van der Waals surface area contributed by atoms with Crippen LogP contribution >= 0.6 is 0 Å². The number of aliphatic hydroxyl groups excluding tert-OH is 1. The van der Waals surface area contributed by atoms with Crippen molar-refractivity contribution in [3.05, 3.63) is 12.2 Å². The van der Waals surface area contributed by atoms with E-state index in [4.69, 9.17) is 4.74 Å². The molecule has 0 spiro atoms. The molecule has 1 aliphatic carbocycles. The molecule has 0 heterocycles. The number of nitrogens with one attached hydrogen (secondary N) is 1. The highest BCUT2D eigenvalue weighted by Gasteiger charge is 2.19. The SMILES string of the molecule is CC(C)(C)OC(O)N[C@H]1CC=CCC1. The minimum absolute atomic E-state index is 0.309. The number of rotatable bonds is 3. The van der Waals surface area contributed by atoms with Gasteiger partial charge in [-0.1, -0.05) is 12.2 Å². The Morgan fingerprint density at radius 3 is 2.64 bits per heavy atom. The Morgan fingerprint density at radius 2 is 2.14 bits per heavy atom.